The molecule has 0 fully saturated rings. The second-order valence-corrected chi connectivity index (χ2v) is 6.55. The Labute approximate surface area is 175 Å². The highest BCUT2D eigenvalue weighted by Crippen LogP contribution is 2.24. The zero-order valence-corrected chi connectivity index (χ0v) is 16.9. The number of phenolic OH excluding ortho intramolecular Hbond substituents is 2. The Morgan fingerprint density at radius 1 is 0.800 bits per heavy atom. The van der Waals surface area contributed by atoms with Gasteiger partial charge in [-0.2, -0.15) is 0 Å². The van der Waals surface area contributed by atoms with Gasteiger partial charge in [0.05, 0.1) is 26.8 Å². The third-order valence-corrected chi connectivity index (χ3v) is 4.56. The molecule has 0 aliphatic carbocycles. The molecule has 3 aromatic rings. The molecular weight excluding hydrogens is 380 g/mol. The van der Waals surface area contributed by atoms with Crippen molar-refractivity contribution in [3.63, 3.8) is 0 Å². The van der Waals surface area contributed by atoms with Crippen LogP contribution in [0.1, 0.15) is 22.7 Å². The van der Waals surface area contributed by atoms with E-state index in [0.717, 1.165) is 5.56 Å². The molecule has 0 bridgehead atoms. The zero-order chi connectivity index (χ0) is 21.3. The van der Waals surface area contributed by atoms with Crippen molar-refractivity contribution >= 4 is 12.4 Å². The van der Waals surface area contributed by atoms with Gasteiger partial charge in [0.15, 0.2) is 0 Å². The maximum Gasteiger partial charge on any atom is 0.128 e. The Kier molecular flexibility index (Phi) is 7.05. The number of nitrogens with zero attached hydrogens (tertiary/aromatic N) is 2. The first kappa shape index (κ1) is 20.9. The van der Waals surface area contributed by atoms with Crippen LogP contribution in [0.2, 0.25) is 0 Å². The fraction of sp³-hybridized carbons (Fsp3) is 0.167. The van der Waals surface area contributed by atoms with E-state index in [4.69, 9.17) is 9.47 Å². The third kappa shape index (κ3) is 5.38. The van der Waals surface area contributed by atoms with Crippen LogP contribution >= 0.6 is 0 Å². The SMILES string of the molecule is COc1ccc(C=NC[C@H](N=Cc2ccc(OC)cc2O)c2ccccc2)c(O)c1. The first-order valence-corrected chi connectivity index (χ1v) is 9.42. The second kappa shape index (κ2) is 10.1. The lowest BCUT2D eigenvalue weighted by Gasteiger charge is -2.11. The highest BCUT2D eigenvalue weighted by molar-refractivity contribution is 5.84. The molecular formula is C24H24N2O4. The molecule has 0 aliphatic rings. The van der Waals surface area contributed by atoms with Crippen LogP contribution in [-0.4, -0.2) is 43.4 Å². The molecule has 2 N–H and O–H groups in total. The van der Waals surface area contributed by atoms with Crippen molar-refractivity contribution in [2.45, 2.75) is 6.04 Å². The van der Waals surface area contributed by atoms with E-state index in [1.165, 1.54) is 0 Å². The molecule has 0 aliphatic heterocycles. The summed E-state index contributed by atoms with van der Waals surface area (Å²) in [7, 11) is 3.10. The number of rotatable bonds is 8. The Morgan fingerprint density at radius 3 is 1.90 bits per heavy atom. The summed E-state index contributed by atoms with van der Waals surface area (Å²) in [5, 5.41) is 20.3. The van der Waals surface area contributed by atoms with Gasteiger partial charge in [0.25, 0.3) is 0 Å². The van der Waals surface area contributed by atoms with Crippen LogP contribution in [0.25, 0.3) is 0 Å². The summed E-state index contributed by atoms with van der Waals surface area (Å²) in [5.41, 5.74) is 2.19. The van der Waals surface area contributed by atoms with Gasteiger partial charge >= 0.3 is 0 Å². The Bertz CT molecular complexity index is 1030. The zero-order valence-electron chi connectivity index (χ0n) is 16.9. The van der Waals surface area contributed by atoms with Crippen molar-refractivity contribution < 1.29 is 19.7 Å². The monoisotopic (exact) mass is 404 g/mol. The van der Waals surface area contributed by atoms with Gasteiger partial charge < -0.3 is 19.7 Å². The normalized spacial score (nSPS) is 12.3. The molecule has 0 amide bonds. The average molecular weight is 404 g/mol. The predicted molar refractivity (Wildman–Crippen MR) is 119 cm³/mol. The van der Waals surface area contributed by atoms with Crippen molar-refractivity contribution in [3.8, 4) is 23.0 Å². The lowest BCUT2D eigenvalue weighted by Crippen LogP contribution is -2.01. The predicted octanol–water partition coefficient (Wildman–Crippen LogP) is 4.39. The lowest BCUT2D eigenvalue weighted by molar-refractivity contribution is 0.407. The van der Waals surface area contributed by atoms with Gasteiger partial charge in [0.2, 0.25) is 0 Å². The maximum absolute atomic E-state index is 10.2. The van der Waals surface area contributed by atoms with Crippen LogP contribution in [0.3, 0.4) is 0 Å². The molecule has 0 saturated carbocycles. The fourth-order valence-electron chi connectivity index (χ4n) is 2.85. The Hall–Kier alpha value is -3.80. The highest BCUT2D eigenvalue weighted by Gasteiger charge is 2.09. The van der Waals surface area contributed by atoms with Crippen LogP contribution < -0.4 is 9.47 Å². The molecule has 3 aromatic carbocycles. The third-order valence-electron chi connectivity index (χ3n) is 4.56. The molecule has 1 atom stereocenters. The van der Waals surface area contributed by atoms with Crippen LogP contribution in [0, 0.1) is 0 Å². The minimum Gasteiger partial charge on any atom is -0.507 e. The number of ether oxygens (including phenoxy) is 2. The number of hydrogen-bond acceptors (Lipinski definition) is 6. The first-order valence-electron chi connectivity index (χ1n) is 9.42. The van der Waals surface area contributed by atoms with Gasteiger partial charge in [0.1, 0.15) is 23.0 Å². The van der Waals surface area contributed by atoms with Crippen LogP contribution in [0.5, 0.6) is 23.0 Å². The van der Waals surface area contributed by atoms with Crippen molar-refractivity contribution in [3.05, 3.63) is 83.4 Å². The van der Waals surface area contributed by atoms with E-state index < -0.39 is 0 Å². The van der Waals surface area contributed by atoms with Gasteiger partial charge in [-0.3, -0.25) is 9.98 Å². The van der Waals surface area contributed by atoms with Crippen molar-refractivity contribution in [1.29, 1.82) is 0 Å². The summed E-state index contributed by atoms with van der Waals surface area (Å²) in [6.45, 7) is 0.378. The van der Waals surface area contributed by atoms with Crippen LogP contribution in [0.15, 0.2) is 76.7 Å². The largest absolute Gasteiger partial charge is 0.507 e. The number of phenols is 2. The molecule has 0 heterocycles. The van der Waals surface area contributed by atoms with Crippen molar-refractivity contribution in [1.82, 2.24) is 0 Å². The highest BCUT2D eigenvalue weighted by atomic mass is 16.5. The Morgan fingerprint density at radius 2 is 1.37 bits per heavy atom. The van der Waals surface area contributed by atoms with Gasteiger partial charge in [-0.05, 0) is 29.8 Å². The standard InChI is InChI=1S/C24H24N2O4/c1-29-20-10-8-18(23(27)12-20)14-25-16-22(17-6-4-3-5-7-17)26-15-19-9-11-21(30-2)13-24(19)28/h3-15,22,27-28H,16H2,1-2H3/t22-/m0/s1. The lowest BCUT2D eigenvalue weighted by atomic mass is 10.1. The first-order chi connectivity index (χ1) is 14.6. The van der Waals surface area contributed by atoms with E-state index in [2.05, 4.69) is 9.98 Å². The number of aliphatic imine (C=N–C) groups is 2. The topological polar surface area (TPSA) is 83.6 Å². The number of methoxy groups -OCH3 is 2. The maximum atomic E-state index is 10.2. The molecule has 3 rings (SSSR count). The summed E-state index contributed by atoms with van der Waals surface area (Å²) in [4.78, 5) is 9.11. The fourth-order valence-corrected chi connectivity index (χ4v) is 2.85. The molecule has 0 unspecified atom stereocenters. The summed E-state index contributed by atoms with van der Waals surface area (Å²) < 4.78 is 10.2. The van der Waals surface area contributed by atoms with Crippen LogP contribution in [0.4, 0.5) is 0 Å². The minimum atomic E-state index is -0.246. The molecule has 0 spiro atoms. The summed E-state index contributed by atoms with van der Waals surface area (Å²) in [5.74, 6) is 1.35. The van der Waals surface area contributed by atoms with E-state index >= 15 is 0 Å². The molecule has 0 saturated heterocycles. The summed E-state index contributed by atoms with van der Waals surface area (Å²) in [6, 6.07) is 19.7. The van der Waals surface area contributed by atoms with Gasteiger partial charge in [-0.15, -0.1) is 0 Å². The quantitative estimate of drug-likeness (QED) is 0.545. The molecule has 0 aromatic heterocycles. The Balaban J connectivity index is 1.80. The number of benzene rings is 3. The molecule has 6 heteroatoms. The van der Waals surface area contributed by atoms with Gasteiger partial charge in [0, 0.05) is 35.7 Å². The van der Waals surface area contributed by atoms with E-state index in [1.54, 1.807) is 63.0 Å². The number of aromatic hydroxyl groups is 2. The molecule has 154 valence electrons. The molecule has 30 heavy (non-hydrogen) atoms. The van der Waals surface area contributed by atoms with E-state index in [0.29, 0.717) is 29.2 Å². The van der Waals surface area contributed by atoms with Gasteiger partial charge in [-0.1, -0.05) is 30.3 Å². The molecule has 6 nitrogen and oxygen atoms in total. The number of hydrogen-bond donors (Lipinski definition) is 2. The van der Waals surface area contributed by atoms with Gasteiger partial charge in [-0.25, -0.2) is 0 Å². The minimum absolute atomic E-state index is 0.0940. The van der Waals surface area contributed by atoms with Crippen molar-refractivity contribution in [2.24, 2.45) is 9.98 Å². The summed E-state index contributed by atoms with van der Waals surface area (Å²) >= 11 is 0. The second-order valence-electron chi connectivity index (χ2n) is 6.55. The van der Waals surface area contributed by atoms with Crippen LogP contribution in [-0.2, 0) is 0 Å². The molecule has 0 radical (unpaired) electrons. The summed E-state index contributed by atoms with van der Waals surface area (Å²) in [6.07, 6.45) is 3.25. The van der Waals surface area contributed by atoms with E-state index in [1.807, 2.05) is 30.3 Å². The average Bonchev–Trinajstić information content (AvgIpc) is 2.78. The van der Waals surface area contributed by atoms with Crippen molar-refractivity contribution in [2.75, 3.05) is 20.8 Å². The van der Waals surface area contributed by atoms with E-state index in [9.17, 15) is 10.2 Å². The smallest absolute Gasteiger partial charge is 0.128 e. The van der Waals surface area contributed by atoms with E-state index in [-0.39, 0.29) is 17.5 Å².